The monoisotopic (exact) mass is 350 g/mol. The molecule has 0 aliphatic heterocycles. The van der Waals surface area contributed by atoms with E-state index in [1.165, 1.54) is 11.3 Å². The maximum atomic E-state index is 7.18. The van der Waals surface area contributed by atoms with Crippen LogP contribution in [0.3, 0.4) is 0 Å². The Hall–Kier alpha value is -3.26. The van der Waals surface area contributed by atoms with E-state index in [0.29, 0.717) is 10.6 Å². The molecule has 4 aromatic heterocycles. The number of furan rings is 1. The van der Waals surface area contributed by atoms with Gasteiger partial charge in [0.25, 0.3) is 0 Å². The highest BCUT2D eigenvalue weighted by Gasteiger charge is 2.21. The molecule has 124 valence electrons. The van der Waals surface area contributed by atoms with E-state index in [9.17, 15) is 0 Å². The molecule has 0 unspecified atom stereocenters. The van der Waals surface area contributed by atoms with E-state index in [0.717, 1.165) is 33.7 Å². The van der Waals surface area contributed by atoms with Gasteiger partial charge in [-0.1, -0.05) is 6.07 Å². The van der Waals surface area contributed by atoms with Crippen molar-refractivity contribution in [3.63, 3.8) is 0 Å². The highest BCUT2D eigenvalue weighted by molar-refractivity contribution is 7.17. The van der Waals surface area contributed by atoms with Crippen molar-refractivity contribution in [1.82, 2.24) is 14.6 Å². The van der Waals surface area contributed by atoms with Gasteiger partial charge in [-0.3, -0.25) is 5.41 Å². The van der Waals surface area contributed by atoms with Crippen LogP contribution in [-0.2, 0) is 0 Å². The Morgan fingerprint density at radius 1 is 1.40 bits per heavy atom. The second kappa shape index (κ2) is 5.99. The summed E-state index contributed by atoms with van der Waals surface area (Å²) in [5, 5.41) is 12.5. The number of amidine groups is 1. The van der Waals surface area contributed by atoms with E-state index in [2.05, 4.69) is 10.1 Å². The maximum absolute atomic E-state index is 7.18. The lowest BCUT2D eigenvalue weighted by atomic mass is 10.2. The van der Waals surface area contributed by atoms with Crippen molar-refractivity contribution in [2.24, 2.45) is 10.7 Å². The van der Waals surface area contributed by atoms with E-state index in [-0.39, 0.29) is 5.84 Å². The van der Waals surface area contributed by atoms with E-state index in [1.54, 1.807) is 12.5 Å². The van der Waals surface area contributed by atoms with Gasteiger partial charge >= 0.3 is 0 Å². The van der Waals surface area contributed by atoms with Gasteiger partial charge in [0.05, 0.1) is 39.9 Å². The first kappa shape index (κ1) is 15.3. The lowest BCUT2D eigenvalue weighted by Crippen LogP contribution is -2.12. The number of aryl methyl sites for hydroxylation is 1. The van der Waals surface area contributed by atoms with Crippen LogP contribution in [0.2, 0.25) is 0 Å². The zero-order valence-electron chi connectivity index (χ0n) is 13.3. The average Bonchev–Trinajstić information content (AvgIpc) is 3.31. The standard InChI is InChI=1S/C17H14N6OS/c1-10-13(12-4-2-3-6-23(12)22-10)17-21-14(11-5-7-24-8-11)15(25-17)16(19)20-9-18/h2-9H,1H3,(H3,18,19,20). The van der Waals surface area contributed by atoms with Crippen molar-refractivity contribution < 1.29 is 4.42 Å². The molecule has 4 rings (SSSR count). The summed E-state index contributed by atoms with van der Waals surface area (Å²) < 4.78 is 7.01. The first-order valence-corrected chi connectivity index (χ1v) is 8.31. The first-order valence-electron chi connectivity index (χ1n) is 7.49. The number of hydrogen-bond donors (Lipinski definition) is 2. The number of fused-ring (bicyclic) bond motifs is 1. The molecule has 0 atom stereocenters. The summed E-state index contributed by atoms with van der Waals surface area (Å²) in [7, 11) is 0. The van der Waals surface area contributed by atoms with Crippen molar-refractivity contribution in [2.75, 3.05) is 0 Å². The topological polar surface area (TPSA) is 106 Å². The van der Waals surface area contributed by atoms with Gasteiger partial charge in [0.15, 0.2) is 0 Å². The average molecular weight is 350 g/mol. The van der Waals surface area contributed by atoms with Crippen LogP contribution in [0.1, 0.15) is 10.6 Å². The molecule has 0 aliphatic rings. The van der Waals surface area contributed by atoms with Crippen LogP contribution in [0.5, 0.6) is 0 Å². The summed E-state index contributed by atoms with van der Waals surface area (Å²) in [6.45, 7) is 1.95. The van der Waals surface area contributed by atoms with Gasteiger partial charge in [0, 0.05) is 11.8 Å². The molecule has 0 bridgehead atoms. The summed E-state index contributed by atoms with van der Waals surface area (Å²) in [6.07, 6.45) is 6.03. The molecule has 0 saturated carbocycles. The second-order valence-corrected chi connectivity index (χ2v) is 6.34. The van der Waals surface area contributed by atoms with Crippen LogP contribution in [0.25, 0.3) is 27.3 Å². The predicted molar refractivity (Wildman–Crippen MR) is 98.2 cm³/mol. The van der Waals surface area contributed by atoms with Gasteiger partial charge in [-0.2, -0.15) is 5.10 Å². The Bertz CT molecular complexity index is 1090. The van der Waals surface area contributed by atoms with E-state index in [1.807, 2.05) is 41.9 Å². The normalized spacial score (nSPS) is 12.0. The van der Waals surface area contributed by atoms with Gasteiger partial charge in [-0.05, 0) is 25.1 Å². The van der Waals surface area contributed by atoms with Crippen LogP contribution in [0.4, 0.5) is 0 Å². The minimum atomic E-state index is 0.254. The van der Waals surface area contributed by atoms with Crippen molar-refractivity contribution in [3.8, 4) is 21.8 Å². The number of nitrogens with two attached hydrogens (primary N) is 1. The Morgan fingerprint density at radius 3 is 3.04 bits per heavy atom. The summed E-state index contributed by atoms with van der Waals surface area (Å²) in [4.78, 5) is 9.38. The van der Waals surface area contributed by atoms with Gasteiger partial charge in [-0.15, -0.1) is 11.3 Å². The third kappa shape index (κ3) is 2.52. The summed E-state index contributed by atoms with van der Waals surface area (Å²) >= 11 is 1.43. The molecule has 0 radical (unpaired) electrons. The highest BCUT2D eigenvalue weighted by atomic mass is 32.1. The fraction of sp³-hybridized carbons (Fsp3) is 0.0588. The number of thiazole rings is 1. The summed E-state index contributed by atoms with van der Waals surface area (Å²) in [5.74, 6) is 0.254. The quantitative estimate of drug-likeness (QED) is 0.435. The Labute approximate surface area is 147 Å². The van der Waals surface area contributed by atoms with Gasteiger partial charge in [0.2, 0.25) is 0 Å². The van der Waals surface area contributed by atoms with E-state index < -0.39 is 0 Å². The van der Waals surface area contributed by atoms with Gasteiger partial charge in [-0.25, -0.2) is 14.5 Å². The smallest absolute Gasteiger partial charge is 0.144 e. The van der Waals surface area contributed by atoms with Crippen molar-refractivity contribution in [2.45, 2.75) is 6.92 Å². The first-order chi connectivity index (χ1) is 12.2. The number of rotatable bonds is 4. The highest BCUT2D eigenvalue weighted by Crippen LogP contribution is 2.37. The number of pyridine rings is 1. The Balaban J connectivity index is 1.97. The fourth-order valence-electron chi connectivity index (χ4n) is 2.70. The fourth-order valence-corrected chi connectivity index (χ4v) is 3.81. The van der Waals surface area contributed by atoms with Gasteiger partial charge in [0.1, 0.15) is 17.2 Å². The van der Waals surface area contributed by atoms with E-state index >= 15 is 0 Å². The van der Waals surface area contributed by atoms with Crippen LogP contribution in [0.15, 0.2) is 52.4 Å². The third-order valence-electron chi connectivity index (χ3n) is 3.79. The largest absolute Gasteiger partial charge is 0.472 e. The number of nitrogens with zero attached hydrogens (tertiary/aromatic N) is 4. The lowest BCUT2D eigenvalue weighted by Gasteiger charge is -1.97. The molecule has 0 saturated heterocycles. The van der Waals surface area contributed by atoms with Crippen molar-refractivity contribution in [1.29, 1.82) is 5.41 Å². The number of aliphatic imine (C=N–C) groups is 1. The van der Waals surface area contributed by atoms with Crippen LogP contribution < -0.4 is 5.73 Å². The number of nitrogens with one attached hydrogen (secondary N) is 1. The summed E-state index contributed by atoms with van der Waals surface area (Å²) in [5.41, 5.74) is 10.4. The minimum absolute atomic E-state index is 0.254. The summed E-state index contributed by atoms with van der Waals surface area (Å²) in [6, 6.07) is 7.73. The molecule has 0 aromatic carbocycles. The Kier molecular flexibility index (Phi) is 3.66. The molecular weight excluding hydrogens is 336 g/mol. The van der Waals surface area contributed by atoms with Crippen molar-refractivity contribution in [3.05, 3.63) is 53.6 Å². The Morgan fingerprint density at radius 2 is 2.28 bits per heavy atom. The molecule has 0 fully saturated rings. The molecular formula is C17H14N6OS. The van der Waals surface area contributed by atoms with Crippen molar-refractivity contribution >= 4 is 29.0 Å². The lowest BCUT2D eigenvalue weighted by molar-refractivity contribution is 0.568. The SMILES string of the molecule is Cc1nn2ccccc2c1-c1nc(-c2ccoc2)c(C(N)=NC=N)s1. The zero-order chi connectivity index (χ0) is 17.4. The molecule has 4 aromatic rings. The van der Waals surface area contributed by atoms with Crippen LogP contribution in [-0.4, -0.2) is 26.8 Å². The zero-order valence-corrected chi connectivity index (χ0v) is 14.1. The second-order valence-electron chi connectivity index (χ2n) is 5.34. The molecule has 0 spiro atoms. The molecule has 0 amide bonds. The molecule has 8 heteroatoms. The predicted octanol–water partition coefficient (Wildman–Crippen LogP) is 3.34. The molecule has 7 nitrogen and oxygen atoms in total. The van der Waals surface area contributed by atoms with E-state index in [4.69, 9.17) is 20.5 Å². The molecule has 0 aliphatic carbocycles. The maximum Gasteiger partial charge on any atom is 0.144 e. The van der Waals surface area contributed by atoms with Crippen LogP contribution in [0, 0.1) is 12.3 Å². The molecule has 25 heavy (non-hydrogen) atoms. The third-order valence-corrected chi connectivity index (χ3v) is 4.88. The molecule has 4 heterocycles. The number of hydrogen-bond acceptors (Lipinski definition) is 5. The number of aromatic nitrogens is 3. The van der Waals surface area contributed by atoms with Crippen LogP contribution >= 0.6 is 11.3 Å². The molecule has 3 N–H and O–H groups in total. The minimum Gasteiger partial charge on any atom is -0.472 e. The van der Waals surface area contributed by atoms with Gasteiger partial charge < -0.3 is 10.2 Å².